The first-order chi connectivity index (χ1) is 6.66. The quantitative estimate of drug-likeness (QED) is 0.684. The van der Waals surface area contributed by atoms with Crippen molar-refractivity contribution in [3.63, 3.8) is 0 Å². The van der Waals surface area contributed by atoms with E-state index in [4.69, 9.17) is 0 Å². The molecule has 0 saturated heterocycles. The highest BCUT2D eigenvalue weighted by Gasteiger charge is 2.15. The van der Waals surface area contributed by atoms with Gasteiger partial charge in [-0.25, -0.2) is 8.78 Å². The molecule has 1 aromatic rings. The van der Waals surface area contributed by atoms with Gasteiger partial charge < -0.3 is 10.2 Å². The van der Waals surface area contributed by atoms with E-state index in [1.54, 1.807) is 0 Å². The van der Waals surface area contributed by atoms with Crippen molar-refractivity contribution >= 4 is 5.69 Å². The van der Waals surface area contributed by atoms with E-state index in [-0.39, 0.29) is 0 Å². The fourth-order valence-corrected chi connectivity index (χ4v) is 1.65. The molecule has 1 aliphatic rings. The number of rotatable bonds is 0. The summed E-state index contributed by atoms with van der Waals surface area (Å²) in [4.78, 5) is 2.00. The van der Waals surface area contributed by atoms with Crippen LogP contribution in [0.2, 0.25) is 0 Å². The van der Waals surface area contributed by atoms with Crippen molar-refractivity contribution in [1.82, 2.24) is 4.90 Å². The van der Waals surface area contributed by atoms with E-state index in [1.807, 2.05) is 11.9 Å². The fraction of sp³-hybridized carbons (Fsp3) is 0.400. The van der Waals surface area contributed by atoms with Crippen molar-refractivity contribution in [2.24, 2.45) is 0 Å². The van der Waals surface area contributed by atoms with Gasteiger partial charge in [-0.15, -0.1) is 0 Å². The summed E-state index contributed by atoms with van der Waals surface area (Å²) in [6.07, 6.45) is 0. The summed E-state index contributed by atoms with van der Waals surface area (Å²) in [5, 5.41) is 3.02. The van der Waals surface area contributed by atoms with Gasteiger partial charge in [-0.05, 0) is 13.1 Å². The average Bonchev–Trinajstić information content (AvgIpc) is 2.27. The van der Waals surface area contributed by atoms with Crippen LogP contribution in [0, 0.1) is 11.6 Å². The molecule has 76 valence electrons. The van der Waals surface area contributed by atoms with Crippen molar-refractivity contribution in [2.45, 2.75) is 6.54 Å². The second-order valence-electron chi connectivity index (χ2n) is 3.58. The van der Waals surface area contributed by atoms with Crippen LogP contribution < -0.4 is 5.32 Å². The molecule has 0 aliphatic carbocycles. The van der Waals surface area contributed by atoms with Crippen LogP contribution in [0.5, 0.6) is 0 Å². The average molecular weight is 198 g/mol. The molecule has 0 unspecified atom stereocenters. The molecule has 0 bridgehead atoms. The lowest BCUT2D eigenvalue weighted by atomic mass is 10.1. The van der Waals surface area contributed by atoms with Gasteiger partial charge in [0.05, 0.1) is 0 Å². The molecule has 0 saturated carbocycles. The van der Waals surface area contributed by atoms with Crippen LogP contribution in [-0.4, -0.2) is 25.0 Å². The van der Waals surface area contributed by atoms with Crippen molar-refractivity contribution in [2.75, 3.05) is 25.5 Å². The lowest BCUT2D eigenvalue weighted by Crippen LogP contribution is -2.21. The molecule has 1 aromatic carbocycles. The number of benzene rings is 1. The zero-order valence-corrected chi connectivity index (χ0v) is 7.98. The maximum atomic E-state index is 13.4. The third-order valence-electron chi connectivity index (χ3n) is 2.40. The van der Waals surface area contributed by atoms with E-state index in [0.29, 0.717) is 24.3 Å². The number of likely N-dealkylation sites (N-methyl/N-ethyl adjacent to an activating group) is 1. The smallest absolute Gasteiger partial charge is 0.132 e. The molecule has 1 N–H and O–H groups in total. The Hall–Kier alpha value is -1.16. The Bertz CT molecular complexity index is 352. The minimum absolute atomic E-state index is 0.471. The molecule has 14 heavy (non-hydrogen) atoms. The first-order valence-corrected chi connectivity index (χ1v) is 4.57. The monoisotopic (exact) mass is 198 g/mol. The summed E-state index contributed by atoms with van der Waals surface area (Å²) in [5.74, 6) is -1.00. The molecule has 2 nitrogen and oxygen atoms in total. The summed E-state index contributed by atoms with van der Waals surface area (Å²) >= 11 is 0. The highest BCUT2D eigenvalue weighted by molar-refractivity contribution is 5.52. The maximum absolute atomic E-state index is 13.4. The first kappa shape index (κ1) is 9.40. The molecule has 2 rings (SSSR count). The van der Waals surface area contributed by atoms with Crippen LogP contribution >= 0.6 is 0 Å². The Labute approximate surface area is 81.5 Å². The number of anilines is 1. The number of fused-ring (bicyclic) bond motifs is 1. The number of nitrogens with one attached hydrogen (secondary N) is 1. The molecule has 1 heterocycles. The molecular formula is C10H12F2N2. The van der Waals surface area contributed by atoms with Crippen molar-refractivity contribution in [3.8, 4) is 0 Å². The Morgan fingerprint density at radius 2 is 2.14 bits per heavy atom. The van der Waals surface area contributed by atoms with E-state index in [9.17, 15) is 8.78 Å². The van der Waals surface area contributed by atoms with Crippen molar-refractivity contribution < 1.29 is 8.78 Å². The Morgan fingerprint density at radius 1 is 1.36 bits per heavy atom. The van der Waals surface area contributed by atoms with E-state index >= 15 is 0 Å². The molecule has 0 aromatic heterocycles. The zero-order chi connectivity index (χ0) is 10.1. The van der Waals surface area contributed by atoms with Gasteiger partial charge in [0, 0.05) is 37.0 Å². The highest BCUT2D eigenvalue weighted by Crippen LogP contribution is 2.23. The van der Waals surface area contributed by atoms with Gasteiger partial charge in [-0.1, -0.05) is 0 Å². The summed E-state index contributed by atoms with van der Waals surface area (Å²) in [7, 11) is 1.92. The molecule has 0 fully saturated rings. The third-order valence-corrected chi connectivity index (χ3v) is 2.40. The summed E-state index contributed by atoms with van der Waals surface area (Å²) in [6.45, 7) is 2.07. The molecular weight excluding hydrogens is 186 g/mol. The Balaban J connectivity index is 2.45. The number of halogens is 2. The maximum Gasteiger partial charge on any atom is 0.132 e. The van der Waals surface area contributed by atoms with Crippen LogP contribution in [-0.2, 0) is 6.54 Å². The normalized spacial score (nSPS) is 17.1. The fourth-order valence-electron chi connectivity index (χ4n) is 1.65. The van der Waals surface area contributed by atoms with Crippen molar-refractivity contribution in [1.29, 1.82) is 0 Å². The Morgan fingerprint density at radius 3 is 2.93 bits per heavy atom. The first-order valence-electron chi connectivity index (χ1n) is 4.57. The van der Waals surface area contributed by atoms with E-state index in [1.165, 1.54) is 6.07 Å². The summed E-state index contributed by atoms with van der Waals surface area (Å²) in [6, 6.07) is 2.28. The van der Waals surface area contributed by atoms with Crippen LogP contribution in [0.15, 0.2) is 12.1 Å². The van der Waals surface area contributed by atoms with E-state index in [2.05, 4.69) is 5.32 Å². The van der Waals surface area contributed by atoms with Crippen LogP contribution in [0.4, 0.5) is 14.5 Å². The predicted octanol–water partition coefficient (Wildman–Crippen LogP) is 1.82. The number of hydrogen-bond donors (Lipinski definition) is 1. The second-order valence-corrected chi connectivity index (χ2v) is 3.58. The van der Waals surface area contributed by atoms with Crippen molar-refractivity contribution in [3.05, 3.63) is 29.3 Å². The molecule has 0 amide bonds. The molecule has 1 aliphatic heterocycles. The SMILES string of the molecule is CN1CCNc2cc(F)cc(F)c2C1. The number of nitrogens with zero attached hydrogens (tertiary/aromatic N) is 1. The predicted molar refractivity (Wildman–Crippen MR) is 51.2 cm³/mol. The molecule has 0 radical (unpaired) electrons. The minimum Gasteiger partial charge on any atom is -0.383 e. The van der Waals surface area contributed by atoms with E-state index < -0.39 is 11.6 Å². The Kier molecular flexibility index (Phi) is 2.37. The standard InChI is InChI=1S/C10H12F2N2/c1-14-3-2-13-10-5-7(11)4-9(12)8(10)6-14/h4-5,13H,2-3,6H2,1H3. The van der Waals surface area contributed by atoms with Gasteiger partial charge >= 0.3 is 0 Å². The van der Waals surface area contributed by atoms with E-state index in [0.717, 1.165) is 12.6 Å². The minimum atomic E-state index is -0.529. The van der Waals surface area contributed by atoms with Gasteiger partial charge in [0.2, 0.25) is 0 Å². The topological polar surface area (TPSA) is 15.3 Å². The van der Waals surface area contributed by atoms with Crippen LogP contribution in [0.3, 0.4) is 0 Å². The lowest BCUT2D eigenvalue weighted by Gasteiger charge is -2.12. The summed E-state index contributed by atoms with van der Waals surface area (Å²) < 4.78 is 26.3. The zero-order valence-electron chi connectivity index (χ0n) is 7.98. The van der Waals surface area contributed by atoms with Crippen LogP contribution in [0.1, 0.15) is 5.56 Å². The third kappa shape index (κ3) is 1.70. The molecule has 0 spiro atoms. The van der Waals surface area contributed by atoms with Gasteiger partial charge in [-0.2, -0.15) is 0 Å². The molecule has 4 heteroatoms. The molecule has 0 atom stereocenters. The van der Waals surface area contributed by atoms with Gasteiger partial charge in [0.15, 0.2) is 0 Å². The van der Waals surface area contributed by atoms with Gasteiger partial charge in [-0.3, -0.25) is 0 Å². The summed E-state index contributed by atoms with van der Waals surface area (Å²) in [5.41, 5.74) is 1.12. The lowest BCUT2D eigenvalue weighted by molar-refractivity contribution is 0.340. The van der Waals surface area contributed by atoms with Gasteiger partial charge in [0.1, 0.15) is 11.6 Å². The highest BCUT2D eigenvalue weighted by atomic mass is 19.1. The van der Waals surface area contributed by atoms with Gasteiger partial charge in [0.25, 0.3) is 0 Å². The largest absolute Gasteiger partial charge is 0.383 e. The number of hydrogen-bond acceptors (Lipinski definition) is 2. The second kappa shape index (κ2) is 3.53. The van der Waals surface area contributed by atoms with Crippen LogP contribution in [0.25, 0.3) is 0 Å².